The van der Waals surface area contributed by atoms with Crippen LogP contribution in [0.15, 0.2) is 52.5 Å². The van der Waals surface area contributed by atoms with Crippen LogP contribution in [0.25, 0.3) is 0 Å². The molecule has 0 amide bonds. The molecule has 3 rings (SSSR count). The maximum Gasteiger partial charge on any atom is 0.243 e. The molecule has 2 aliphatic rings. The van der Waals surface area contributed by atoms with Crippen LogP contribution in [0.2, 0.25) is 0 Å². The van der Waals surface area contributed by atoms with E-state index in [0.29, 0.717) is 10.9 Å². The van der Waals surface area contributed by atoms with Gasteiger partial charge in [-0.25, -0.2) is 8.42 Å². The fourth-order valence-corrected chi connectivity index (χ4v) is 5.08. The number of hydrogen-bond acceptors (Lipinski definition) is 3. The Bertz CT molecular complexity index is 811. The van der Waals surface area contributed by atoms with Crippen molar-refractivity contribution in [3.05, 3.63) is 53.1 Å². The first-order valence-corrected chi connectivity index (χ1v) is 10.4. The average Bonchev–Trinajstić information content (AvgIpc) is 3.06. The summed E-state index contributed by atoms with van der Waals surface area (Å²) in [6, 6.07) is 7.37. The summed E-state index contributed by atoms with van der Waals surface area (Å²) in [6.07, 6.45) is 6.17. The molecule has 0 fully saturated rings. The maximum atomic E-state index is 12.9. The molecule has 5 heteroatoms. The molecular formula is C20H28N2O2S. The van der Waals surface area contributed by atoms with Crippen molar-refractivity contribution in [2.45, 2.75) is 50.6 Å². The van der Waals surface area contributed by atoms with Gasteiger partial charge in [-0.15, -0.1) is 0 Å². The first kappa shape index (κ1) is 18.4. The minimum atomic E-state index is -3.46. The summed E-state index contributed by atoms with van der Waals surface area (Å²) in [7, 11) is -1.77. The van der Waals surface area contributed by atoms with E-state index >= 15 is 0 Å². The predicted molar refractivity (Wildman–Crippen MR) is 102 cm³/mol. The number of nitrogens with zero attached hydrogens (tertiary/aromatic N) is 2. The monoisotopic (exact) mass is 360 g/mol. The summed E-state index contributed by atoms with van der Waals surface area (Å²) < 4.78 is 27.4. The highest BCUT2D eigenvalue weighted by atomic mass is 32.2. The van der Waals surface area contributed by atoms with Gasteiger partial charge in [0.25, 0.3) is 0 Å². The SMILES string of the molecule is CC1=C(C)CN([C@@H]2C=C[C@H](N(C)S(=O)(=O)c3cccc(C)c3)C2)CC1. The van der Waals surface area contributed by atoms with E-state index in [4.69, 9.17) is 0 Å². The Kier molecular flexibility index (Phi) is 5.19. The number of benzene rings is 1. The third kappa shape index (κ3) is 3.73. The van der Waals surface area contributed by atoms with E-state index in [1.807, 2.05) is 13.0 Å². The highest BCUT2D eigenvalue weighted by Gasteiger charge is 2.33. The third-order valence-corrected chi connectivity index (χ3v) is 7.46. The largest absolute Gasteiger partial charge is 0.293 e. The van der Waals surface area contributed by atoms with E-state index in [9.17, 15) is 8.42 Å². The van der Waals surface area contributed by atoms with Gasteiger partial charge in [-0.05, 0) is 51.3 Å². The lowest BCUT2D eigenvalue weighted by atomic mass is 10.0. The number of aryl methyl sites for hydroxylation is 1. The third-order valence-electron chi connectivity index (χ3n) is 5.58. The fraction of sp³-hybridized carbons (Fsp3) is 0.500. The second-order valence-corrected chi connectivity index (χ2v) is 9.37. The summed E-state index contributed by atoms with van der Waals surface area (Å²) in [5.41, 5.74) is 3.90. The first-order chi connectivity index (χ1) is 11.8. The molecule has 0 saturated heterocycles. The second-order valence-electron chi connectivity index (χ2n) is 7.37. The van der Waals surface area contributed by atoms with Crippen molar-refractivity contribution in [1.29, 1.82) is 0 Å². The van der Waals surface area contributed by atoms with Crippen LogP contribution in [0.1, 0.15) is 32.3 Å². The predicted octanol–water partition coefficient (Wildman–Crippen LogP) is 3.35. The number of rotatable bonds is 4. The Morgan fingerprint density at radius 3 is 2.56 bits per heavy atom. The van der Waals surface area contributed by atoms with Gasteiger partial charge >= 0.3 is 0 Å². The topological polar surface area (TPSA) is 40.6 Å². The van der Waals surface area contributed by atoms with Crippen LogP contribution >= 0.6 is 0 Å². The van der Waals surface area contributed by atoms with Crippen LogP contribution in [0, 0.1) is 6.92 Å². The lowest BCUT2D eigenvalue weighted by molar-refractivity contribution is 0.221. The molecule has 0 N–H and O–H groups in total. The minimum Gasteiger partial charge on any atom is -0.293 e. The van der Waals surface area contributed by atoms with E-state index in [-0.39, 0.29) is 6.04 Å². The van der Waals surface area contributed by atoms with Gasteiger partial charge in [0.2, 0.25) is 10.0 Å². The van der Waals surface area contributed by atoms with Gasteiger partial charge < -0.3 is 0 Å². The summed E-state index contributed by atoms with van der Waals surface area (Å²) in [4.78, 5) is 2.84. The van der Waals surface area contributed by atoms with Gasteiger partial charge in [-0.3, -0.25) is 4.90 Å². The Labute approximate surface area is 151 Å². The lowest BCUT2D eigenvalue weighted by Gasteiger charge is -2.34. The molecular weight excluding hydrogens is 332 g/mol. The number of hydrogen-bond donors (Lipinski definition) is 0. The van der Waals surface area contributed by atoms with Crippen LogP contribution < -0.4 is 0 Å². The second kappa shape index (κ2) is 7.06. The molecule has 0 unspecified atom stereocenters. The molecule has 0 spiro atoms. The van der Waals surface area contributed by atoms with Crippen LogP contribution in [0.4, 0.5) is 0 Å². The minimum absolute atomic E-state index is 0.0807. The molecule has 1 heterocycles. The van der Waals surface area contributed by atoms with Gasteiger partial charge in [-0.2, -0.15) is 4.31 Å². The first-order valence-electron chi connectivity index (χ1n) is 8.91. The lowest BCUT2D eigenvalue weighted by Crippen LogP contribution is -2.41. The summed E-state index contributed by atoms with van der Waals surface area (Å²) in [5, 5.41) is 0. The molecule has 2 atom stereocenters. The zero-order valence-electron chi connectivity index (χ0n) is 15.6. The molecule has 1 aromatic carbocycles. The van der Waals surface area contributed by atoms with Gasteiger partial charge in [0.15, 0.2) is 0 Å². The molecule has 0 radical (unpaired) electrons. The smallest absolute Gasteiger partial charge is 0.243 e. The van der Waals surface area contributed by atoms with Crippen molar-refractivity contribution < 1.29 is 8.42 Å². The van der Waals surface area contributed by atoms with Gasteiger partial charge in [-0.1, -0.05) is 35.4 Å². The average molecular weight is 361 g/mol. The van der Waals surface area contributed by atoms with E-state index in [2.05, 4.69) is 30.9 Å². The van der Waals surface area contributed by atoms with E-state index < -0.39 is 10.0 Å². The quantitative estimate of drug-likeness (QED) is 0.773. The van der Waals surface area contributed by atoms with Crippen molar-refractivity contribution in [1.82, 2.24) is 9.21 Å². The summed E-state index contributed by atoms with van der Waals surface area (Å²) in [5.74, 6) is 0. The molecule has 0 aromatic heterocycles. The van der Waals surface area contributed by atoms with Crippen LogP contribution in [-0.2, 0) is 10.0 Å². The molecule has 1 aliphatic heterocycles. The maximum absolute atomic E-state index is 12.9. The number of likely N-dealkylation sites (N-methyl/N-ethyl adjacent to an activating group) is 1. The molecule has 0 bridgehead atoms. The van der Waals surface area contributed by atoms with E-state index in [0.717, 1.165) is 31.5 Å². The van der Waals surface area contributed by atoms with Gasteiger partial charge in [0.1, 0.15) is 0 Å². The molecule has 136 valence electrons. The van der Waals surface area contributed by atoms with Gasteiger partial charge in [0, 0.05) is 32.2 Å². The van der Waals surface area contributed by atoms with E-state index in [1.165, 1.54) is 15.5 Å². The van der Waals surface area contributed by atoms with Crippen LogP contribution in [-0.4, -0.2) is 49.8 Å². The molecule has 25 heavy (non-hydrogen) atoms. The van der Waals surface area contributed by atoms with Crippen LogP contribution in [0.3, 0.4) is 0 Å². The zero-order valence-corrected chi connectivity index (χ0v) is 16.4. The van der Waals surface area contributed by atoms with Crippen molar-refractivity contribution >= 4 is 10.0 Å². The Morgan fingerprint density at radius 1 is 1.12 bits per heavy atom. The van der Waals surface area contributed by atoms with Crippen molar-refractivity contribution in [3.8, 4) is 0 Å². The Morgan fingerprint density at radius 2 is 1.88 bits per heavy atom. The van der Waals surface area contributed by atoms with Gasteiger partial charge in [0.05, 0.1) is 4.90 Å². The molecule has 0 saturated carbocycles. The van der Waals surface area contributed by atoms with Crippen molar-refractivity contribution in [2.24, 2.45) is 0 Å². The standard InChI is InChI=1S/C20H28N2O2S/c1-15-6-5-7-20(12-15)25(23,24)21(4)18-8-9-19(13-18)22-11-10-16(2)17(3)14-22/h5-9,12,18-19H,10-11,13-14H2,1-4H3/t18-,19+/m0/s1. The normalized spacial score (nSPS) is 25.2. The Hall–Kier alpha value is -1.43. The van der Waals surface area contributed by atoms with Crippen LogP contribution in [0.5, 0.6) is 0 Å². The highest BCUT2D eigenvalue weighted by Crippen LogP contribution is 2.28. The summed E-state index contributed by atoms with van der Waals surface area (Å²) in [6.45, 7) is 8.37. The molecule has 1 aromatic rings. The molecule has 1 aliphatic carbocycles. The van der Waals surface area contributed by atoms with E-state index in [1.54, 1.807) is 25.2 Å². The van der Waals surface area contributed by atoms with Crippen molar-refractivity contribution in [3.63, 3.8) is 0 Å². The fourth-order valence-electron chi connectivity index (χ4n) is 3.65. The zero-order chi connectivity index (χ0) is 18.2. The Balaban J connectivity index is 1.71. The highest BCUT2D eigenvalue weighted by molar-refractivity contribution is 7.89. The molecule has 4 nitrogen and oxygen atoms in total. The summed E-state index contributed by atoms with van der Waals surface area (Å²) >= 11 is 0. The number of sulfonamides is 1. The van der Waals surface area contributed by atoms with Crippen molar-refractivity contribution in [2.75, 3.05) is 20.1 Å².